The van der Waals surface area contributed by atoms with Crippen molar-refractivity contribution in [1.82, 2.24) is 0 Å². The summed E-state index contributed by atoms with van der Waals surface area (Å²) in [4.78, 5) is 23.2. The van der Waals surface area contributed by atoms with Crippen molar-refractivity contribution >= 4 is 6.29 Å². The van der Waals surface area contributed by atoms with Crippen molar-refractivity contribution in [3.05, 3.63) is 0 Å². The highest BCUT2D eigenvalue weighted by Crippen LogP contribution is 2.62. The third kappa shape index (κ3) is 1.39. The van der Waals surface area contributed by atoms with Crippen molar-refractivity contribution in [3.63, 3.8) is 0 Å². The van der Waals surface area contributed by atoms with Crippen molar-refractivity contribution in [2.24, 2.45) is 17.8 Å². The highest BCUT2D eigenvalue weighted by Gasteiger charge is 2.74. The maximum Gasteiger partial charge on any atom is 0.201 e. The molecule has 4 saturated heterocycles. The average molecular weight is 282 g/mol. The summed E-state index contributed by atoms with van der Waals surface area (Å²) in [5.74, 6) is 0.0868. The van der Waals surface area contributed by atoms with Gasteiger partial charge in [-0.15, -0.1) is 0 Å². The van der Waals surface area contributed by atoms with Crippen LogP contribution in [0.5, 0.6) is 0 Å². The topological polar surface area (TPSA) is 54.0 Å². The van der Waals surface area contributed by atoms with Crippen LogP contribution in [-0.2, 0) is 24.0 Å². The smallest absolute Gasteiger partial charge is 0.201 e. The molecule has 7 atom stereocenters. The van der Waals surface area contributed by atoms with Gasteiger partial charge in [-0.1, -0.05) is 6.92 Å². The largest absolute Gasteiger partial charge is 0.335 e. The summed E-state index contributed by atoms with van der Waals surface area (Å²) in [6, 6.07) is 0. The number of hydrogen-bond acceptors (Lipinski definition) is 5. The van der Waals surface area contributed by atoms with Gasteiger partial charge in [-0.05, 0) is 44.9 Å². The Balaban J connectivity index is 1.85. The zero-order valence-electron chi connectivity index (χ0n) is 12.3. The molecular formula is C15H22O5. The first-order valence-electron chi connectivity index (χ1n) is 7.62. The summed E-state index contributed by atoms with van der Waals surface area (Å²) in [5, 5.41) is 0. The van der Waals surface area contributed by atoms with Crippen LogP contribution in [0, 0.1) is 17.8 Å². The standard InChI is InChI=1S/C15H22O5/c1-9-4-5-11-13(2,8-16)17-12-15(11)10(9)6-7-14(3,18-12)19-20-15/h8-12H,4-7H2,1-3H3/t9-,10+,11?,12-,13-,14-,15-/m1/s1. The lowest BCUT2D eigenvalue weighted by molar-refractivity contribution is -0.541. The number of carbonyl (C=O) groups excluding carboxylic acids is 1. The maximum atomic E-state index is 11.6. The second-order valence-corrected chi connectivity index (χ2v) is 7.28. The van der Waals surface area contributed by atoms with Crippen LogP contribution in [0.25, 0.3) is 0 Å². The first-order valence-corrected chi connectivity index (χ1v) is 7.62. The van der Waals surface area contributed by atoms with Gasteiger partial charge in [0.1, 0.15) is 5.60 Å². The molecule has 5 heteroatoms. The van der Waals surface area contributed by atoms with Gasteiger partial charge in [-0.25, -0.2) is 9.78 Å². The van der Waals surface area contributed by atoms with Gasteiger partial charge in [0.05, 0.1) is 0 Å². The van der Waals surface area contributed by atoms with Crippen molar-refractivity contribution in [2.75, 3.05) is 0 Å². The Morgan fingerprint density at radius 1 is 1.10 bits per heavy atom. The van der Waals surface area contributed by atoms with E-state index in [0.29, 0.717) is 11.8 Å². The zero-order chi connectivity index (χ0) is 14.2. The van der Waals surface area contributed by atoms with Gasteiger partial charge in [0.15, 0.2) is 18.2 Å². The molecule has 2 bridgehead atoms. The molecule has 1 unspecified atom stereocenters. The Hall–Kier alpha value is -0.490. The number of aldehydes is 1. The molecule has 0 aromatic rings. The van der Waals surface area contributed by atoms with E-state index in [9.17, 15) is 4.79 Å². The van der Waals surface area contributed by atoms with Gasteiger partial charge < -0.3 is 14.3 Å². The second-order valence-electron chi connectivity index (χ2n) is 7.28. The predicted molar refractivity (Wildman–Crippen MR) is 68.3 cm³/mol. The van der Waals surface area contributed by atoms with Gasteiger partial charge in [0.25, 0.3) is 0 Å². The maximum absolute atomic E-state index is 11.6. The van der Waals surface area contributed by atoms with E-state index in [2.05, 4.69) is 6.92 Å². The highest BCUT2D eigenvalue weighted by atomic mass is 17.3. The van der Waals surface area contributed by atoms with E-state index in [0.717, 1.165) is 32.0 Å². The van der Waals surface area contributed by atoms with Crippen LogP contribution in [-0.4, -0.2) is 29.6 Å². The first-order chi connectivity index (χ1) is 9.44. The second kappa shape index (κ2) is 3.83. The summed E-state index contributed by atoms with van der Waals surface area (Å²) in [7, 11) is 0. The van der Waals surface area contributed by atoms with Crippen LogP contribution in [0.2, 0.25) is 0 Å². The number of fused-ring (bicyclic) bond motifs is 2. The van der Waals surface area contributed by atoms with Gasteiger partial charge in [-0.3, -0.25) is 0 Å². The summed E-state index contributed by atoms with van der Waals surface area (Å²) in [6.45, 7) is 5.99. The molecule has 1 saturated carbocycles. The summed E-state index contributed by atoms with van der Waals surface area (Å²) in [5.41, 5.74) is -1.46. The minimum Gasteiger partial charge on any atom is -0.335 e. The molecule has 0 amide bonds. The van der Waals surface area contributed by atoms with E-state index in [1.54, 1.807) is 0 Å². The number of ether oxygens (including phenoxy) is 2. The van der Waals surface area contributed by atoms with Crippen molar-refractivity contribution in [3.8, 4) is 0 Å². The molecule has 5 fully saturated rings. The molecule has 0 N–H and O–H groups in total. The number of hydrogen-bond donors (Lipinski definition) is 0. The van der Waals surface area contributed by atoms with E-state index < -0.39 is 23.3 Å². The normalized spacial score (nSPS) is 61.0. The molecule has 0 aromatic carbocycles. The minimum atomic E-state index is -0.838. The lowest BCUT2D eigenvalue weighted by Crippen LogP contribution is -2.61. The van der Waals surface area contributed by atoms with Gasteiger partial charge in [0, 0.05) is 12.3 Å². The minimum absolute atomic E-state index is 0.00125. The fourth-order valence-electron chi connectivity index (χ4n) is 4.86. The third-order valence-corrected chi connectivity index (χ3v) is 6.01. The van der Waals surface area contributed by atoms with Gasteiger partial charge >= 0.3 is 0 Å². The van der Waals surface area contributed by atoms with E-state index in [-0.39, 0.29) is 5.92 Å². The van der Waals surface area contributed by atoms with Crippen LogP contribution < -0.4 is 0 Å². The Labute approximate surface area is 118 Å². The van der Waals surface area contributed by atoms with E-state index >= 15 is 0 Å². The number of carbonyl (C=O) groups is 1. The van der Waals surface area contributed by atoms with E-state index in [1.165, 1.54) is 0 Å². The van der Waals surface area contributed by atoms with Crippen LogP contribution >= 0.6 is 0 Å². The van der Waals surface area contributed by atoms with Crippen LogP contribution in [0.4, 0.5) is 0 Å². The van der Waals surface area contributed by atoms with Crippen molar-refractivity contribution < 1.29 is 24.0 Å². The van der Waals surface area contributed by atoms with Crippen LogP contribution in [0.15, 0.2) is 0 Å². The third-order valence-electron chi connectivity index (χ3n) is 6.01. The molecule has 0 radical (unpaired) electrons. The van der Waals surface area contributed by atoms with Crippen molar-refractivity contribution in [1.29, 1.82) is 0 Å². The molecule has 20 heavy (non-hydrogen) atoms. The average Bonchev–Trinajstić information content (AvgIpc) is 2.51. The molecule has 1 aliphatic carbocycles. The molecule has 5 aliphatic rings. The number of rotatable bonds is 1. The Bertz CT molecular complexity index is 454. The van der Waals surface area contributed by atoms with Crippen LogP contribution in [0.1, 0.15) is 46.5 Å². The highest BCUT2D eigenvalue weighted by molar-refractivity contribution is 5.64. The van der Waals surface area contributed by atoms with Crippen molar-refractivity contribution in [2.45, 2.75) is 69.7 Å². The van der Waals surface area contributed by atoms with Crippen LogP contribution in [0.3, 0.4) is 0 Å². The molecule has 5 rings (SSSR count). The Kier molecular flexibility index (Phi) is 2.52. The zero-order valence-corrected chi connectivity index (χ0v) is 12.3. The summed E-state index contributed by atoms with van der Waals surface area (Å²) in [6.07, 6.45) is 4.20. The van der Waals surface area contributed by atoms with E-state index in [4.69, 9.17) is 19.2 Å². The molecule has 4 heterocycles. The molecule has 4 aliphatic heterocycles. The summed E-state index contributed by atoms with van der Waals surface area (Å²) >= 11 is 0. The summed E-state index contributed by atoms with van der Waals surface area (Å²) < 4.78 is 12.1. The first kappa shape index (κ1) is 13.2. The Morgan fingerprint density at radius 3 is 2.65 bits per heavy atom. The molecule has 112 valence electrons. The molecule has 1 spiro atoms. The fraction of sp³-hybridized carbons (Fsp3) is 0.933. The lowest BCUT2D eigenvalue weighted by Gasteiger charge is -2.50. The fourth-order valence-corrected chi connectivity index (χ4v) is 4.86. The molecule has 5 nitrogen and oxygen atoms in total. The van der Waals surface area contributed by atoms with Gasteiger partial charge in [-0.2, -0.15) is 0 Å². The van der Waals surface area contributed by atoms with Gasteiger partial charge in [0.2, 0.25) is 5.79 Å². The molecule has 0 aromatic heterocycles. The Morgan fingerprint density at radius 2 is 1.90 bits per heavy atom. The quantitative estimate of drug-likeness (QED) is 0.545. The van der Waals surface area contributed by atoms with E-state index in [1.807, 2.05) is 13.8 Å². The monoisotopic (exact) mass is 282 g/mol. The lowest BCUT2D eigenvalue weighted by atomic mass is 9.60. The SMILES string of the molecule is C[C@@H]1CCC2[C@]34OO[C@](C)(CC[C@@H]13)O[C@H]4O[C@]2(C)C=O. The predicted octanol–water partition coefficient (Wildman–Crippen LogP) is 2.19. The molecular weight excluding hydrogens is 260 g/mol.